The average Bonchev–Trinajstić information content (AvgIpc) is 2.90. The zero-order valence-electron chi connectivity index (χ0n) is 12.0. The lowest BCUT2D eigenvalue weighted by atomic mass is 10.4. The van der Waals surface area contributed by atoms with Crippen LogP contribution in [0.15, 0.2) is 17.4 Å². The number of carbonyl (C=O) groups is 2. The smallest absolute Gasteiger partial charge is 0.239 e. The lowest BCUT2D eigenvalue weighted by Crippen LogP contribution is -2.37. The number of halogens is 1. The molecular weight excluding hydrogens is 326 g/mol. The monoisotopic (exact) mass is 341 g/mol. The molecule has 9 heteroatoms. The van der Waals surface area contributed by atoms with E-state index in [2.05, 4.69) is 25.6 Å². The van der Waals surface area contributed by atoms with Crippen LogP contribution < -0.4 is 10.6 Å². The van der Waals surface area contributed by atoms with Crippen molar-refractivity contribution in [3.05, 3.63) is 17.3 Å². The number of hydrogen-bond acceptors (Lipinski definition) is 5. The van der Waals surface area contributed by atoms with Gasteiger partial charge in [-0.15, -0.1) is 0 Å². The number of amides is 2. The summed E-state index contributed by atoms with van der Waals surface area (Å²) in [5.74, 6) is -0.264. The molecule has 0 aliphatic carbocycles. The van der Waals surface area contributed by atoms with Gasteiger partial charge in [0.15, 0.2) is 10.8 Å². The number of fused-ring (bicyclic) bond motifs is 1. The van der Waals surface area contributed by atoms with Crippen molar-refractivity contribution in [1.82, 2.24) is 25.6 Å². The molecule has 2 aromatic heterocycles. The number of aromatic nitrogens is 3. The molecule has 2 aromatic rings. The van der Waals surface area contributed by atoms with Crippen LogP contribution in [0.5, 0.6) is 0 Å². The third-order valence-electron chi connectivity index (χ3n) is 2.64. The number of carbonyl (C=O) groups excluding carboxylic acids is 2. The van der Waals surface area contributed by atoms with E-state index < -0.39 is 0 Å². The van der Waals surface area contributed by atoms with Gasteiger partial charge < -0.3 is 15.6 Å². The van der Waals surface area contributed by atoms with Crippen molar-refractivity contribution in [2.24, 2.45) is 0 Å². The van der Waals surface area contributed by atoms with E-state index in [0.29, 0.717) is 27.9 Å². The van der Waals surface area contributed by atoms with Gasteiger partial charge in [-0.1, -0.05) is 30.3 Å². The Bertz CT molecular complexity index is 675. The first-order valence-electron chi connectivity index (χ1n) is 6.76. The van der Waals surface area contributed by atoms with Gasteiger partial charge >= 0.3 is 0 Å². The van der Waals surface area contributed by atoms with Crippen molar-refractivity contribution >= 4 is 46.3 Å². The molecule has 0 aliphatic heterocycles. The van der Waals surface area contributed by atoms with Crippen molar-refractivity contribution in [1.29, 1.82) is 0 Å². The summed E-state index contributed by atoms with van der Waals surface area (Å²) < 4.78 is 0. The second-order valence-corrected chi connectivity index (χ2v) is 5.88. The van der Waals surface area contributed by atoms with Gasteiger partial charge in [-0.3, -0.25) is 9.59 Å². The third kappa shape index (κ3) is 4.88. The van der Waals surface area contributed by atoms with E-state index in [9.17, 15) is 9.59 Å². The number of H-pyrrole nitrogens is 1. The van der Waals surface area contributed by atoms with Crippen LogP contribution in [-0.4, -0.2) is 45.6 Å². The van der Waals surface area contributed by atoms with Crippen LogP contribution in [0.2, 0.25) is 5.02 Å². The molecule has 3 N–H and O–H groups in total. The highest BCUT2D eigenvalue weighted by molar-refractivity contribution is 7.99. The van der Waals surface area contributed by atoms with Gasteiger partial charge in [0.05, 0.1) is 22.8 Å². The van der Waals surface area contributed by atoms with Gasteiger partial charge in [0.1, 0.15) is 0 Å². The lowest BCUT2D eigenvalue weighted by molar-refractivity contribution is -0.124. The van der Waals surface area contributed by atoms with Crippen LogP contribution >= 0.6 is 23.4 Å². The zero-order chi connectivity index (χ0) is 15.9. The highest BCUT2D eigenvalue weighted by Crippen LogP contribution is 2.20. The molecule has 7 nitrogen and oxygen atoms in total. The molecule has 118 valence electrons. The predicted octanol–water partition coefficient (Wildman–Crippen LogP) is 1.35. The van der Waals surface area contributed by atoms with Crippen molar-refractivity contribution in [2.45, 2.75) is 18.5 Å². The minimum atomic E-state index is -0.233. The summed E-state index contributed by atoms with van der Waals surface area (Å²) in [6.45, 7) is 2.56. The predicted molar refractivity (Wildman–Crippen MR) is 85.9 cm³/mol. The molecule has 0 unspecified atom stereocenters. The molecule has 0 aromatic carbocycles. The highest BCUT2D eigenvalue weighted by atomic mass is 35.5. The summed E-state index contributed by atoms with van der Waals surface area (Å²) in [6.07, 6.45) is 2.38. The molecule has 0 radical (unpaired) electrons. The van der Waals surface area contributed by atoms with Crippen LogP contribution in [0.3, 0.4) is 0 Å². The Morgan fingerprint density at radius 2 is 2.18 bits per heavy atom. The largest absolute Gasteiger partial charge is 0.355 e. The van der Waals surface area contributed by atoms with E-state index >= 15 is 0 Å². The van der Waals surface area contributed by atoms with E-state index in [1.807, 2.05) is 6.92 Å². The van der Waals surface area contributed by atoms with Gasteiger partial charge in [0.2, 0.25) is 11.8 Å². The molecule has 0 aliphatic rings. The van der Waals surface area contributed by atoms with E-state index in [-0.39, 0.29) is 24.1 Å². The van der Waals surface area contributed by atoms with Gasteiger partial charge in [-0.25, -0.2) is 9.97 Å². The Hall–Kier alpha value is -1.80. The summed E-state index contributed by atoms with van der Waals surface area (Å²) in [7, 11) is 0. The Morgan fingerprint density at radius 1 is 1.36 bits per heavy atom. The number of hydrogen-bond donors (Lipinski definition) is 3. The Morgan fingerprint density at radius 3 is 2.95 bits per heavy atom. The number of aromatic amines is 1. The summed E-state index contributed by atoms with van der Waals surface area (Å²) >= 11 is 7.08. The maximum atomic E-state index is 11.7. The summed E-state index contributed by atoms with van der Waals surface area (Å²) in [6, 6.07) is 1.72. The Balaban J connectivity index is 1.78. The maximum Gasteiger partial charge on any atom is 0.239 e. The molecule has 0 saturated carbocycles. The number of nitrogens with one attached hydrogen (secondary N) is 3. The third-order valence-corrected chi connectivity index (χ3v) is 3.72. The lowest BCUT2D eigenvalue weighted by Gasteiger charge is -2.05. The summed E-state index contributed by atoms with van der Waals surface area (Å²) in [4.78, 5) is 34.4. The standard InChI is InChI=1S/C13H16ClN5O2S/c1-2-3-15-10(20)6-16-11(21)7-22-13-18-9-4-8(14)5-17-12(9)19-13/h4-5H,2-3,6-7H2,1H3,(H,15,20)(H,16,21)(H,17,18,19). The first kappa shape index (κ1) is 16.6. The fourth-order valence-electron chi connectivity index (χ4n) is 1.61. The maximum absolute atomic E-state index is 11.7. The van der Waals surface area contributed by atoms with Crippen LogP contribution in [0.25, 0.3) is 11.2 Å². The fourth-order valence-corrected chi connectivity index (χ4v) is 2.47. The molecule has 0 bridgehead atoms. The van der Waals surface area contributed by atoms with Crippen LogP contribution in [0, 0.1) is 0 Å². The fraction of sp³-hybridized carbons (Fsp3) is 0.385. The summed E-state index contributed by atoms with van der Waals surface area (Å²) in [5, 5.41) is 6.34. The Kier molecular flexibility index (Phi) is 6.02. The van der Waals surface area contributed by atoms with Crippen molar-refractivity contribution < 1.29 is 9.59 Å². The van der Waals surface area contributed by atoms with Crippen molar-refractivity contribution in [3.8, 4) is 0 Å². The minimum Gasteiger partial charge on any atom is -0.355 e. The molecule has 2 rings (SSSR count). The number of rotatable bonds is 7. The van der Waals surface area contributed by atoms with Crippen LogP contribution in [0.1, 0.15) is 13.3 Å². The van der Waals surface area contributed by atoms with Crippen molar-refractivity contribution in [2.75, 3.05) is 18.8 Å². The van der Waals surface area contributed by atoms with Gasteiger partial charge in [0.25, 0.3) is 0 Å². The van der Waals surface area contributed by atoms with E-state index in [1.54, 1.807) is 6.07 Å². The molecule has 0 fully saturated rings. The van der Waals surface area contributed by atoms with E-state index in [0.717, 1.165) is 6.42 Å². The number of pyridine rings is 1. The van der Waals surface area contributed by atoms with Crippen LogP contribution in [-0.2, 0) is 9.59 Å². The zero-order valence-corrected chi connectivity index (χ0v) is 13.6. The molecule has 2 amide bonds. The molecular formula is C13H16ClN5O2S. The molecule has 0 spiro atoms. The average molecular weight is 342 g/mol. The van der Waals surface area contributed by atoms with E-state index in [4.69, 9.17) is 11.6 Å². The Labute approximate surface area is 136 Å². The SMILES string of the molecule is CCCNC(=O)CNC(=O)CSc1nc2ncc(Cl)cc2[nH]1. The summed E-state index contributed by atoms with van der Waals surface area (Å²) in [5.41, 5.74) is 1.26. The molecule has 22 heavy (non-hydrogen) atoms. The first-order chi connectivity index (χ1) is 10.6. The van der Waals surface area contributed by atoms with Gasteiger partial charge in [0, 0.05) is 12.7 Å². The normalized spacial score (nSPS) is 10.6. The number of imidazole rings is 1. The van der Waals surface area contributed by atoms with Crippen molar-refractivity contribution in [3.63, 3.8) is 0 Å². The number of nitrogens with zero attached hydrogens (tertiary/aromatic N) is 2. The quantitative estimate of drug-likeness (QED) is 0.660. The second kappa shape index (κ2) is 8.00. The van der Waals surface area contributed by atoms with Gasteiger partial charge in [-0.2, -0.15) is 0 Å². The topological polar surface area (TPSA) is 99.8 Å². The van der Waals surface area contributed by atoms with Gasteiger partial charge in [-0.05, 0) is 12.5 Å². The second-order valence-electron chi connectivity index (χ2n) is 4.48. The highest BCUT2D eigenvalue weighted by Gasteiger charge is 2.09. The molecule has 0 saturated heterocycles. The van der Waals surface area contributed by atoms with E-state index in [1.165, 1.54) is 18.0 Å². The van der Waals surface area contributed by atoms with Crippen LogP contribution in [0.4, 0.5) is 0 Å². The number of thioether (sulfide) groups is 1. The first-order valence-corrected chi connectivity index (χ1v) is 8.12. The molecule has 0 atom stereocenters. The minimum absolute atomic E-state index is 0.0172. The molecule has 2 heterocycles.